The highest BCUT2D eigenvalue weighted by molar-refractivity contribution is 6.35. The highest BCUT2D eigenvalue weighted by atomic mass is 35.5. The van der Waals surface area contributed by atoms with Crippen LogP contribution in [-0.4, -0.2) is 30.0 Å². The number of rotatable bonds is 6. The second-order valence-electron chi connectivity index (χ2n) is 4.65. The van der Waals surface area contributed by atoms with Gasteiger partial charge in [-0.1, -0.05) is 29.3 Å². The van der Waals surface area contributed by atoms with Crippen LogP contribution in [0.5, 0.6) is 0 Å². The molecule has 0 fully saturated rings. The Hall–Kier alpha value is -2.11. The molecule has 7 heteroatoms. The van der Waals surface area contributed by atoms with Gasteiger partial charge in [0.1, 0.15) is 0 Å². The van der Waals surface area contributed by atoms with Crippen molar-refractivity contribution in [2.75, 3.05) is 13.2 Å². The van der Waals surface area contributed by atoms with Crippen molar-refractivity contribution in [3.63, 3.8) is 0 Å². The molecule has 0 saturated carbocycles. The number of carbonyl (C=O) groups excluding carboxylic acids is 2. The molecule has 1 aromatic heterocycles. The van der Waals surface area contributed by atoms with Crippen LogP contribution in [0.2, 0.25) is 10.0 Å². The topological polar surface area (TPSA) is 68.3 Å². The summed E-state index contributed by atoms with van der Waals surface area (Å²) in [5, 5.41) is 3.77. The zero-order valence-corrected chi connectivity index (χ0v) is 13.6. The van der Waals surface area contributed by atoms with E-state index in [9.17, 15) is 9.59 Å². The Kier molecular flexibility index (Phi) is 6.38. The number of aromatic nitrogens is 1. The van der Waals surface area contributed by atoms with Gasteiger partial charge in [-0.3, -0.25) is 9.78 Å². The number of nitrogens with one attached hydrogen (secondary N) is 1. The maximum atomic E-state index is 11.7. The van der Waals surface area contributed by atoms with Gasteiger partial charge in [0.2, 0.25) is 0 Å². The van der Waals surface area contributed by atoms with Crippen molar-refractivity contribution in [3.05, 3.63) is 63.9 Å². The molecular formula is C16H14Cl2N2O3. The molecule has 1 heterocycles. The molecule has 1 N–H and O–H groups in total. The Balaban J connectivity index is 1.72. The molecule has 0 bridgehead atoms. The third-order valence-corrected chi connectivity index (χ3v) is 3.57. The number of hydrogen-bond acceptors (Lipinski definition) is 4. The van der Waals surface area contributed by atoms with Crippen LogP contribution in [0.3, 0.4) is 0 Å². The lowest BCUT2D eigenvalue weighted by molar-refractivity contribution is -0.124. The first-order valence-electron chi connectivity index (χ1n) is 6.84. The second kappa shape index (κ2) is 8.50. The van der Waals surface area contributed by atoms with Crippen LogP contribution in [0.1, 0.15) is 15.9 Å². The fraction of sp³-hybridized carbons (Fsp3) is 0.188. The molecule has 0 spiro atoms. The number of esters is 1. The molecule has 0 radical (unpaired) electrons. The minimum Gasteiger partial charge on any atom is -0.452 e. The largest absolute Gasteiger partial charge is 0.452 e. The van der Waals surface area contributed by atoms with Gasteiger partial charge >= 0.3 is 5.97 Å². The summed E-state index contributed by atoms with van der Waals surface area (Å²) in [7, 11) is 0. The maximum absolute atomic E-state index is 11.7. The van der Waals surface area contributed by atoms with E-state index in [4.69, 9.17) is 27.9 Å². The molecule has 0 saturated heterocycles. The monoisotopic (exact) mass is 352 g/mol. The lowest BCUT2D eigenvalue weighted by atomic mass is 10.1. The van der Waals surface area contributed by atoms with Crippen LogP contribution in [0.4, 0.5) is 0 Å². The number of carbonyl (C=O) groups is 2. The van der Waals surface area contributed by atoms with E-state index < -0.39 is 5.97 Å². The summed E-state index contributed by atoms with van der Waals surface area (Å²) in [4.78, 5) is 27.1. The Morgan fingerprint density at radius 2 is 1.87 bits per heavy atom. The van der Waals surface area contributed by atoms with Gasteiger partial charge in [0.05, 0.1) is 5.56 Å². The number of ether oxygens (including phenoxy) is 1. The lowest BCUT2D eigenvalue weighted by Gasteiger charge is -2.08. The standard InChI is InChI=1S/C16H14Cl2N2O3/c17-13-2-1-11(14(18)9-13)5-8-20-15(21)10-23-16(22)12-3-6-19-7-4-12/h1-4,6-7,9H,5,8,10H2,(H,20,21). The van der Waals surface area contributed by atoms with Crippen molar-refractivity contribution >= 4 is 35.1 Å². The van der Waals surface area contributed by atoms with E-state index >= 15 is 0 Å². The highest BCUT2D eigenvalue weighted by Crippen LogP contribution is 2.20. The molecule has 1 amide bonds. The Morgan fingerprint density at radius 3 is 2.57 bits per heavy atom. The van der Waals surface area contributed by atoms with Crippen LogP contribution < -0.4 is 5.32 Å². The fourth-order valence-corrected chi connectivity index (χ4v) is 2.32. The van der Waals surface area contributed by atoms with E-state index in [1.54, 1.807) is 18.2 Å². The molecular weight excluding hydrogens is 339 g/mol. The van der Waals surface area contributed by atoms with E-state index in [0.717, 1.165) is 5.56 Å². The maximum Gasteiger partial charge on any atom is 0.338 e. The normalized spacial score (nSPS) is 10.2. The van der Waals surface area contributed by atoms with Gasteiger partial charge in [-0.2, -0.15) is 0 Å². The third kappa shape index (κ3) is 5.54. The van der Waals surface area contributed by atoms with Crippen LogP contribution in [0.15, 0.2) is 42.7 Å². The van der Waals surface area contributed by atoms with Gasteiger partial charge in [-0.25, -0.2) is 4.79 Å². The van der Waals surface area contributed by atoms with Crippen molar-refractivity contribution in [2.24, 2.45) is 0 Å². The van der Waals surface area contributed by atoms with Gasteiger partial charge in [0, 0.05) is 29.0 Å². The van der Waals surface area contributed by atoms with Gasteiger partial charge in [0.15, 0.2) is 6.61 Å². The first-order valence-corrected chi connectivity index (χ1v) is 7.59. The molecule has 120 valence electrons. The zero-order chi connectivity index (χ0) is 16.7. The van der Waals surface area contributed by atoms with Crippen molar-refractivity contribution in [1.82, 2.24) is 10.3 Å². The molecule has 5 nitrogen and oxygen atoms in total. The predicted octanol–water partition coefficient (Wildman–Crippen LogP) is 2.90. The summed E-state index contributed by atoms with van der Waals surface area (Å²) < 4.78 is 4.91. The minimum absolute atomic E-state index is 0.338. The zero-order valence-electron chi connectivity index (χ0n) is 12.1. The average molecular weight is 353 g/mol. The summed E-state index contributed by atoms with van der Waals surface area (Å²) >= 11 is 11.9. The number of hydrogen-bond donors (Lipinski definition) is 1. The number of pyridine rings is 1. The summed E-state index contributed by atoms with van der Waals surface area (Å²) in [6.07, 6.45) is 3.51. The van der Waals surface area contributed by atoms with Crippen LogP contribution in [0, 0.1) is 0 Å². The van der Waals surface area contributed by atoms with Gasteiger partial charge in [-0.05, 0) is 36.2 Å². The summed E-state index contributed by atoms with van der Waals surface area (Å²) in [6, 6.07) is 8.23. The molecule has 0 aliphatic carbocycles. The summed E-state index contributed by atoms with van der Waals surface area (Å²) in [5.41, 5.74) is 1.23. The molecule has 2 rings (SSSR count). The van der Waals surface area contributed by atoms with Gasteiger partial charge < -0.3 is 10.1 Å². The van der Waals surface area contributed by atoms with Crippen molar-refractivity contribution in [3.8, 4) is 0 Å². The SMILES string of the molecule is O=C(COC(=O)c1ccncc1)NCCc1ccc(Cl)cc1Cl. The summed E-state index contributed by atoms with van der Waals surface area (Å²) in [5.74, 6) is -0.944. The molecule has 0 atom stereocenters. The Bertz CT molecular complexity index is 693. The molecule has 0 aliphatic heterocycles. The highest BCUT2D eigenvalue weighted by Gasteiger charge is 2.09. The lowest BCUT2D eigenvalue weighted by Crippen LogP contribution is -2.30. The van der Waals surface area contributed by atoms with Crippen LogP contribution in [-0.2, 0) is 16.0 Å². The number of nitrogens with zero attached hydrogens (tertiary/aromatic N) is 1. The van der Waals surface area contributed by atoms with Crippen molar-refractivity contribution in [1.29, 1.82) is 0 Å². The Labute approximate surface area is 143 Å². The predicted molar refractivity (Wildman–Crippen MR) is 87.7 cm³/mol. The quantitative estimate of drug-likeness (QED) is 0.811. The minimum atomic E-state index is -0.566. The molecule has 1 aromatic carbocycles. The second-order valence-corrected chi connectivity index (χ2v) is 5.49. The molecule has 2 aromatic rings. The molecule has 0 aliphatic rings. The van der Waals surface area contributed by atoms with E-state index in [1.807, 2.05) is 0 Å². The fourth-order valence-electron chi connectivity index (χ4n) is 1.81. The molecule has 0 unspecified atom stereocenters. The number of benzene rings is 1. The smallest absolute Gasteiger partial charge is 0.338 e. The van der Waals surface area contributed by atoms with E-state index in [2.05, 4.69) is 10.3 Å². The first-order chi connectivity index (χ1) is 11.1. The van der Waals surface area contributed by atoms with E-state index in [-0.39, 0.29) is 12.5 Å². The van der Waals surface area contributed by atoms with Gasteiger partial charge in [-0.15, -0.1) is 0 Å². The van der Waals surface area contributed by atoms with Crippen LogP contribution in [0.25, 0.3) is 0 Å². The number of amides is 1. The van der Waals surface area contributed by atoms with Crippen molar-refractivity contribution in [2.45, 2.75) is 6.42 Å². The van der Waals surface area contributed by atoms with Crippen molar-refractivity contribution < 1.29 is 14.3 Å². The summed E-state index contributed by atoms with van der Waals surface area (Å²) in [6.45, 7) is 0.0441. The van der Waals surface area contributed by atoms with E-state index in [1.165, 1.54) is 24.5 Å². The average Bonchev–Trinajstić information content (AvgIpc) is 2.55. The van der Waals surface area contributed by atoms with E-state index in [0.29, 0.717) is 28.6 Å². The van der Waals surface area contributed by atoms with Crippen LogP contribution >= 0.6 is 23.2 Å². The number of halogens is 2. The molecule has 23 heavy (non-hydrogen) atoms. The first kappa shape index (κ1) is 17.2. The third-order valence-electron chi connectivity index (χ3n) is 2.98. The van der Waals surface area contributed by atoms with Gasteiger partial charge in [0.25, 0.3) is 5.91 Å². The Morgan fingerprint density at radius 1 is 1.13 bits per heavy atom.